The Kier molecular flexibility index (Phi) is 4.45. The van der Waals surface area contributed by atoms with E-state index < -0.39 is 0 Å². The zero-order chi connectivity index (χ0) is 14.8. The molecule has 21 heavy (non-hydrogen) atoms. The first kappa shape index (κ1) is 14.8. The fourth-order valence-electron chi connectivity index (χ4n) is 2.92. The van der Waals surface area contributed by atoms with Crippen LogP contribution in [-0.2, 0) is 11.2 Å². The fourth-order valence-corrected chi connectivity index (χ4v) is 4.39. The molecule has 2 aromatic rings. The molecule has 1 aliphatic rings. The van der Waals surface area contributed by atoms with E-state index in [9.17, 15) is 4.79 Å². The molecule has 0 bridgehead atoms. The molecule has 0 N–H and O–H groups in total. The van der Waals surface area contributed by atoms with Crippen molar-refractivity contribution in [3.05, 3.63) is 56.2 Å². The number of hydrogen-bond donors (Lipinski definition) is 0. The predicted octanol–water partition coefficient (Wildman–Crippen LogP) is 4.73. The van der Waals surface area contributed by atoms with Crippen molar-refractivity contribution in [3.63, 3.8) is 0 Å². The Morgan fingerprint density at radius 2 is 2.24 bits per heavy atom. The van der Waals surface area contributed by atoms with E-state index in [1.807, 2.05) is 35.6 Å². The van der Waals surface area contributed by atoms with Gasteiger partial charge in [0.25, 0.3) is 0 Å². The topological polar surface area (TPSA) is 20.3 Å². The highest BCUT2D eigenvalue weighted by atomic mass is 79.9. The SMILES string of the molecule is Cc1ccc(C2CCCN2C(=O)Cc2cccc(Br)c2)s1. The summed E-state index contributed by atoms with van der Waals surface area (Å²) in [5.41, 5.74) is 1.07. The summed E-state index contributed by atoms with van der Waals surface area (Å²) >= 11 is 5.28. The number of nitrogens with zero attached hydrogens (tertiary/aromatic N) is 1. The maximum Gasteiger partial charge on any atom is 0.227 e. The predicted molar refractivity (Wildman–Crippen MR) is 90.6 cm³/mol. The highest BCUT2D eigenvalue weighted by molar-refractivity contribution is 9.10. The lowest BCUT2D eigenvalue weighted by Crippen LogP contribution is -2.31. The molecule has 0 saturated carbocycles. The van der Waals surface area contributed by atoms with Crippen molar-refractivity contribution in [2.45, 2.75) is 32.2 Å². The van der Waals surface area contributed by atoms with E-state index >= 15 is 0 Å². The van der Waals surface area contributed by atoms with Gasteiger partial charge in [0, 0.05) is 20.8 Å². The summed E-state index contributed by atoms with van der Waals surface area (Å²) in [6, 6.07) is 12.6. The van der Waals surface area contributed by atoms with Gasteiger partial charge in [0.15, 0.2) is 0 Å². The molecular formula is C17H18BrNOS. The van der Waals surface area contributed by atoms with Crippen LogP contribution >= 0.6 is 27.3 Å². The Morgan fingerprint density at radius 1 is 1.38 bits per heavy atom. The largest absolute Gasteiger partial charge is 0.335 e. The lowest BCUT2D eigenvalue weighted by molar-refractivity contribution is -0.131. The number of benzene rings is 1. The van der Waals surface area contributed by atoms with E-state index in [0.717, 1.165) is 29.4 Å². The van der Waals surface area contributed by atoms with Gasteiger partial charge in [-0.05, 0) is 49.6 Å². The number of thiophene rings is 1. The van der Waals surface area contributed by atoms with Crippen LogP contribution in [0.25, 0.3) is 0 Å². The fraction of sp³-hybridized carbons (Fsp3) is 0.353. The maximum absolute atomic E-state index is 12.6. The van der Waals surface area contributed by atoms with Gasteiger partial charge in [0.2, 0.25) is 5.91 Å². The summed E-state index contributed by atoms with van der Waals surface area (Å²) in [7, 11) is 0. The molecule has 3 rings (SSSR count). The molecular weight excluding hydrogens is 346 g/mol. The zero-order valence-corrected chi connectivity index (χ0v) is 14.4. The minimum absolute atomic E-state index is 0.238. The molecule has 1 aromatic carbocycles. The maximum atomic E-state index is 12.6. The highest BCUT2D eigenvalue weighted by Gasteiger charge is 2.30. The molecule has 0 radical (unpaired) electrons. The second kappa shape index (κ2) is 6.32. The molecule has 2 nitrogen and oxygen atoms in total. The van der Waals surface area contributed by atoms with Crippen LogP contribution < -0.4 is 0 Å². The van der Waals surface area contributed by atoms with Gasteiger partial charge in [-0.2, -0.15) is 0 Å². The molecule has 0 aliphatic carbocycles. The first-order valence-corrected chi connectivity index (χ1v) is 8.84. The molecule has 2 heterocycles. The molecule has 1 saturated heterocycles. The lowest BCUT2D eigenvalue weighted by Gasteiger charge is -2.24. The second-order valence-corrected chi connectivity index (χ2v) is 7.74. The van der Waals surface area contributed by atoms with Crippen molar-refractivity contribution in [2.75, 3.05) is 6.54 Å². The van der Waals surface area contributed by atoms with Crippen molar-refractivity contribution in [3.8, 4) is 0 Å². The molecule has 110 valence electrons. The molecule has 4 heteroatoms. The number of rotatable bonds is 3. The van der Waals surface area contributed by atoms with Crippen molar-refractivity contribution >= 4 is 33.2 Å². The zero-order valence-electron chi connectivity index (χ0n) is 12.0. The molecule has 1 aliphatic heterocycles. The third-order valence-electron chi connectivity index (χ3n) is 3.91. The smallest absolute Gasteiger partial charge is 0.227 e. The Hall–Kier alpha value is -1.13. The van der Waals surface area contributed by atoms with E-state index in [2.05, 4.69) is 39.9 Å². The van der Waals surface area contributed by atoms with Gasteiger partial charge in [0.05, 0.1) is 12.5 Å². The molecule has 1 amide bonds. The standard InChI is InChI=1S/C17H18BrNOS/c1-12-7-8-16(21-12)15-6-3-9-19(15)17(20)11-13-4-2-5-14(18)10-13/h2,4-5,7-8,10,15H,3,6,9,11H2,1H3. The Morgan fingerprint density at radius 3 is 2.95 bits per heavy atom. The van der Waals surface area contributed by atoms with Gasteiger partial charge in [-0.3, -0.25) is 4.79 Å². The van der Waals surface area contributed by atoms with E-state index in [4.69, 9.17) is 0 Å². The normalized spacial score (nSPS) is 18.2. The number of amides is 1. The number of carbonyl (C=O) groups is 1. The molecule has 1 unspecified atom stereocenters. The minimum atomic E-state index is 0.238. The molecule has 1 fully saturated rings. The summed E-state index contributed by atoms with van der Waals surface area (Å²) in [5.74, 6) is 0.238. The van der Waals surface area contributed by atoms with Crippen molar-refractivity contribution in [1.29, 1.82) is 0 Å². The summed E-state index contributed by atoms with van der Waals surface area (Å²) in [6.45, 7) is 3.01. The Balaban J connectivity index is 1.74. The van der Waals surface area contributed by atoms with Crippen LogP contribution in [0.2, 0.25) is 0 Å². The van der Waals surface area contributed by atoms with Crippen molar-refractivity contribution < 1.29 is 4.79 Å². The summed E-state index contributed by atoms with van der Waals surface area (Å²) < 4.78 is 1.03. The molecule has 0 spiro atoms. The number of aryl methyl sites for hydroxylation is 1. The second-order valence-electron chi connectivity index (χ2n) is 5.50. The van der Waals surface area contributed by atoms with Gasteiger partial charge in [-0.1, -0.05) is 28.1 Å². The first-order chi connectivity index (χ1) is 10.1. The quantitative estimate of drug-likeness (QED) is 0.771. The van der Waals surface area contributed by atoms with Gasteiger partial charge in [0.1, 0.15) is 0 Å². The van der Waals surface area contributed by atoms with E-state index in [0.29, 0.717) is 6.42 Å². The van der Waals surface area contributed by atoms with Crippen molar-refractivity contribution in [1.82, 2.24) is 4.90 Å². The monoisotopic (exact) mass is 363 g/mol. The van der Waals surface area contributed by atoms with Gasteiger partial charge in [-0.25, -0.2) is 0 Å². The Labute approximate surface area is 137 Å². The molecule has 1 atom stereocenters. The van der Waals surface area contributed by atoms with Crippen LogP contribution in [0.1, 0.15) is 34.2 Å². The van der Waals surface area contributed by atoms with Crippen LogP contribution in [0, 0.1) is 6.92 Å². The number of carbonyl (C=O) groups excluding carboxylic acids is 1. The highest BCUT2D eigenvalue weighted by Crippen LogP contribution is 2.36. The van der Waals surface area contributed by atoms with E-state index in [-0.39, 0.29) is 11.9 Å². The lowest BCUT2D eigenvalue weighted by atomic mass is 10.1. The summed E-state index contributed by atoms with van der Waals surface area (Å²) in [4.78, 5) is 17.3. The van der Waals surface area contributed by atoms with Crippen LogP contribution in [0.15, 0.2) is 40.9 Å². The van der Waals surface area contributed by atoms with Gasteiger partial charge in [-0.15, -0.1) is 11.3 Å². The third kappa shape index (κ3) is 3.38. The van der Waals surface area contributed by atoms with Crippen LogP contribution in [0.5, 0.6) is 0 Å². The summed E-state index contributed by atoms with van der Waals surface area (Å²) in [5, 5.41) is 0. The first-order valence-electron chi connectivity index (χ1n) is 7.24. The number of hydrogen-bond acceptors (Lipinski definition) is 2. The van der Waals surface area contributed by atoms with Gasteiger partial charge >= 0.3 is 0 Å². The van der Waals surface area contributed by atoms with E-state index in [1.54, 1.807) is 0 Å². The number of likely N-dealkylation sites (tertiary alicyclic amines) is 1. The average molecular weight is 364 g/mol. The number of halogens is 1. The van der Waals surface area contributed by atoms with Crippen LogP contribution in [0.4, 0.5) is 0 Å². The van der Waals surface area contributed by atoms with Crippen LogP contribution in [-0.4, -0.2) is 17.4 Å². The average Bonchev–Trinajstić information content (AvgIpc) is 3.06. The van der Waals surface area contributed by atoms with E-state index in [1.165, 1.54) is 9.75 Å². The van der Waals surface area contributed by atoms with Crippen molar-refractivity contribution in [2.24, 2.45) is 0 Å². The van der Waals surface area contributed by atoms with Crippen LogP contribution in [0.3, 0.4) is 0 Å². The third-order valence-corrected chi connectivity index (χ3v) is 5.50. The molecule has 1 aromatic heterocycles. The summed E-state index contributed by atoms with van der Waals surface area (Å²) in [6.07, 6.45) is 2.68. The Bertz CT molecular complexity index is 652. The minimum Gasteiger partial charge on any atom is -0.335 e. The van der Waals surface area contributed by atoms with Gasteiger partial charge < -0.3 is 4.90 Å².